The van der Waals surface area contributed by atoms with E-state index >= 15 is 0 Å². The Hall–Kier alpha value is -1.16. The number of aliphatic hydroxyl groups excluding tert-OH is 1. The molecule has 108 valence electrons. The van der Waals surface area contributed by atoms with Crippen LogP contribution in [0.3, 0.4) is 0 Å². The van der Waals surface area contributed by atoms with Crippen molar-refractivity contribution in [2.75, 3.05) is 6.54 Å². The molecule has 1 saturated carbocycles. The van der Waals surface area contributed by atoms with Gasteiger partial charge in [0.05, 0.1) is 0 Å². The molecule has 2 heterocycles. The lowest BCUT2D eigenvalue weighted by Crippen LogP contribution is -3.13. The van der Waals surface area contributed by atoms with Crippen LogP contribution in [0.5, 0.6) is 0 Å². The van der Waals surface area contributed by atoms with Crippen molar-refractivity contribution in [1.29, 1.82) is 0 Å². The van der Waals surface area contributed by atoms with E-state index in [4.69, 9.17) is 0 Å². The Bertz CT molecular complexity index is 509. The van der Waals surface area contributed by atoms with E-state index in [0.717, 1.165) is 23.1 Å². The van der Waals surface area contributed by atoms with Crippen molar-refractivity contribution in [3.63, 3.8) is 0 Å². The van der Waals surface area contributed by atoms with E-state index in [1.165, 1.54) is 18.4 Å². The van der Waals surface area contributed by atoms with Gasteiger partial charge in [-0.3, -0.25) is 4.90 Å². The molecule has 0 aromatic heterocycles. The molecule has 1 unspecified atom stereocenters. The van der Waals surface area contributed by atoms with E-state index in [1.54, 1.807) is 6.92 Å². The summed E-state index contributed by atoms with van der Waals surface area (Å²) in [6.07, 6.45) is 14.4. The number of aliphatic hydroxyl groups is 2. The van der Waals surface area contributed by atoms with Crippen molar-refractivity contribution in [2.45, 2.75) is 44.4 Å². The Morgan fingerprint density at radius 3 is 2.90 bits per heavy atom. The molecule has 20 heavy (non-hydrogen) atoms. The first-order valence-electron chi connectivity index (χ1n) is 7.50. The Labute approximate surface area is 120 Å². The summed E-state index contributed by atoms with van der Waals surface area (Å²) in [4.78, 5) is 1.16. The number of hydrogen-bond acceptors (Lipinski definition) is 2. The molecule has 1 saturated heterocycles. The van der Waals surface area contributed by atoms with Gasteiger partial charge in [0, 0.05) is 0 Å². The molecular weight excluding hydrogens is 250 g/mol. The van der Waals surface area contributed by atoms with Gasteiger partial charge in [-0.05, 0) is 56.4 Å². The van der Waals surface area contributed by atoms with E-state index in [2.05, 4.69) is 31.2 Å². The third kappa shape index (κ3) is 2.41. The zero-order chi connectivity index (χ0) is 14.3. The first-order chi connectivity index (χ1) is 9.50. The van der Waals surface area contributed by atoms with Crippen LogP contribution in [0, 0.1) is 5.92 Å². The van der Waals surface area contributed by atoms with Gasteiger partial charge in [-0.1, -0.05) is 18.2 Å². The van der Waals surface area contributed by atoms with Crippen LogP contribution in [0.4, 0.5) is 0 Å². The summed E-state index contributed by atoms with van der Waals surface area (Å²) in [6, 6.07) is -0.0787. The number of quaternary nitrogens is 1. The van der Waals surface area contributed by atoms with E-state index in [0.29, 0.717) is 0 Å². The lowest BCUT2D eigenvalue weighted by Gasteiger charge is -2.21. The Morgan fingerprint density at radius 2 is 2.20 bits per heavy atom. The minimum absolute atomic E-state index is 0.0787. The highest BCUT2D eigenvalue weighted by Crippen LogP contribution is 2.31. The molecular formula is C17H24NO2+. The Morgan fingerprint density at radius 1 is 1.45 bits per heavy atom. The summed E-state index contributed by atoms with van der Waals surface area (Å²) in [6.45, 7) is 4.60. The molecule has 0 bridgehead atoms. The molecule has 3 N–H and O–H groups in total. The Kier molecular flexibility index (Phi) is 3.44. The van der Waals surface area contributed by atoms with Crippen LogP contribution in [-0.2, 0) is 0 Å². The van der Waals surface area contributed by atoms with Crippen molar-refractivity contribution < 1.29 is 15.1 Å². The fraction of sp³-hybridized carbons (Fsp3) is 0.529. The maximum atomic E-state index is 10.5. The topological polar surface area (TPSA) is 44.9 Å². The predicted octanol–water partition coefficient (Wildman–Crippen LogP) is 0.732. The van der Waals surface area contributed by atoms with Crippen LogP contribution < -0.4 is 4.90 Å². The first kappa shape index (κ1) is 13.8. The highest BCUT2D eigenvalue weighted by Gasteiger charge is 2.55. The second kappa shape index (κ2) is 4.99. The monoisotopic (exact) mass is 274 g/mol. The molecule has 3 aliphatic rings. The summed E-state index contributed by atoms with van der Waals surface area (Å²) in [5.41, 5.74) is 0.926. The van der Waals surface area contributed by atoms with Crippen molar-refractivity contribution in [1.82, 2.24) is 0 Å². The van der Waals surface area contributed by atoms with Crippen LogP contribution >= 0.6 is 0 Å². The van der Waals surface area contributed by atoms with Gasteiger partial charge in [0.2, 0.25) is 0 Å². The molecule has 0 aromatic carbocycles. The summed E-state index contributed by atoms with van der Waals surface area (Å²) >= 11 is 0. The number of fused-ring (bicyclic) bond motifs is 1. The quantitative estimate of drug-likeness (QED) is 0.665. The minimum Gasteiger partial charge on any atom is -0.383 e. The average molecular weight is 274 g/mol. The third-order valence-corrected chi connectivity index (χ3v) is 4.64. The number of rotatable bonds is 3. The van der Waals surface area contributed by atoms with E-state index in [-0.39, 0.29) is 6.04 Å². The van der Waals surface area contributed by atoms with E-state index in [1.807, 2.05) is 12.2 Å². The molecule has 2 aliphatic heterocycles. The molecule has 3 nitrogen and oxygen atoms in total. The maximum absolute atomic E-state index is 10.5. The zero-order valence-electron chi connectivity index (χ0n) is 12.2. The largest absolute Gasteiger partial charge is 0.383 e. The smallest absolute Gasteiger partial charge is 0.167 e. The molecule has 0 spiro atoms. The summed E-state index contributed by atoms with van der Waals surface area (Å²) in [5, 5.41) is 21.0. The fourth-order valence-electron chi connectivity index (χ4n) is 3.19. The molecule has 3 heteroatoms. The van der Waals surface area contributed by atoms with Crippen LogP contribution in [0.1, 0.15) is 26.7 Å². The molecule has 3 rings (SSSR count). The van der Waals surface area contributed by atoms with Crippen LogP contribution in [0.25, 0.3) is 0 Å². The highest BCUT2D eigenvalue weighted by molar-refractivity contribution is 5.28. The Balaban J connectivity index is 1.83. The van der Waals surface area contributed by atoms with Crippen LogP contribution in [0.15, 0.2) is 47.7 Å². The number of allylic oxidation sites excluding steroid dienone is 5. The van der Waals surface area contributed by atoms with Gasteiger partial charge < -0.3 is 10.2 Å². The summed E-state index contributed by atoms with van der Waals surface area (Å²) in [7, 11) is 0. The lowest BCUT2D eigenvalue weighted by atomic mass is 9.95. The summed E-state index contributed by atoms with van der Waals surface area (Å²) in [5.74, 6) is 0.760. The van der Waals surface area contributed by atoms with Gasteiger partial charge in [0.25, 0.3) is 0 Å². The van der Waals surface area contributed by atoms with Crippen LogP contribution in [-0.4, -0.2) is 34.5 Å². The average Bonchev–Trinajstić information content (AvgIpc) is 3.23. The van der Waals surface area contributed by atoms with Crippen LogP contribution in [0.2, 0.25) is 0 Å². The second-order valence-electron chi connectivity index (χ2n) is 6.46. The standard InChI is InChI=1S/C17H23NO2/c1-12(6-7-13-8-9-13)11-14-16(19)17(2,20)15-5-3-4-10-18(14)15/h3-7,11,13-14,16,19-20H,8-10H2,1-2H3/p+1/b7-6+,12-11+/t14-,16-,17-/m0/s1. The molecule has 0 aromatic rings. The molecule has 0 radical (unpaired) electrons. The molecule has 0 amide bonds. The SMILES string of the molecule is CC(/C=C/C1CC1)=C\[C@H]1[C@H](O)[C@@](C)(O)C2=CC=CC[NH+]21. The van der Waals surface area contributed by atoms with Crippen molar-refractivity contribution in [3.8, 4) is 0 Å². The normalized spacial score (nSPS) is 41.1. The molecule has 2 fully saturated rings. The van der Waals surface area contributed by atoms with Gasteiger partial charge in [0.15, 0.2) is 5.60 Å². The van der Waals surface area contributed by atoms with Gasteiger partial charge in [0.1, 0.15) is 24.4 Å². The summed E-state index contributed by atoms with van der Waals surface area (Å²) < 4.78 is 0. The van der Waals surface area contributed by atoms with Crippen molar-refractivity contribution in [3.05, 3.63) is 47.7 Å². The highest BCUT2D eigenvalue weighted by atomic mass is 16.3. The van der Waals surface area contributed by atoms with Gasteiger partial charge in [-0.15, -0.1) is 0 Å². The maximum Gasteiger partial charge on any atom is 0.167 e. The first-order valence-corrected chi connectivity index (χ1v) is 7.50. The number of nitrogens with one attached hydrogen (secondary N) is 1. The van der Waals surface area contributed by atoms with E-state index in [9.17, 15) is 10.2 Å². The second-order valence-corrected chi connectivity index (χ2v) is 6.46. The van der Waals surface area contributed by atoms with Crippen molar-refractivity contribution in [2.24, 2.45) is 5.92 Å². The van der Waals surface area contributed by atoms with Crippen molar-refractivity contribution >= 4 is 0 Å². The number of hydrogen-bond donors (Lipinski definition) is 3. The van der Waals surface area contributed by atoms with Gasteiger partial charge >= 0.3 is 0 Å². The van der Waals surface area contributed by atoms with E-state index < -0.39 is 11.7 Å². The minimum atomic E-state index is -1.14. The van der Waals surface area contributed by atoms with Gasteiger partial charge in [-0.2, -0.15) is 0 Å². The molecule has 1 aliphatic carbocycles. The lowest BCUT2D eigenvalue weighted by molar-refractivity contribution is -0.868. The molecule has 4 atom stereocenters. The fourth-order valence-corrected chi connectivity index (χ4v) is 3.19. The van der Waals surface area contributed by atoms with Gasteiger partial charge in [-0.25, -0.2) is 0 Å². The zero-order valence-corrected chi connectivity index (χ0v) is 12.2. The third-order valence-electron chi connectivity index (χ3n) is 4.64. The predicted molar refractivity (Wildman–Crippen MR) is 79.1 cm³/mol.